The molecule has 0 aliphatic heterocycles. The fraction of sp³-hybridized carbons (Fsp3) is 0.300. The van der Waals surface area contributed by atoms with E-state index in [4.69, 9.17) is 15.4 Å². The van der Waals surface area contributed by atoms with Gasteiger partial charge in [0.25, 0.3) is 0 Å². The van der Waals surface area contributed by atoms with E-state index in [1.807, 2.05) is 6.07 Å². The molecule has 7 heteroatoms. The third-order valence-corrected chi connectivity index (χ3v) is 3.13. The summed E-state index contributed by atoms with van der Waals surface area (Å²) in [5.74, 6) is 0.309. The van der Waals surface area contributed by atoms with E-state index in [1.54, 1.807) is 12.1 Å². The third kappa shape index (κ3) is 3.34. The average Bonchev–Trinajstić information content (AvgIpc) is 2.61. The van der Waals surface area contributed by atoms with Gasteiger partial charge in [0.1, 0.15) is 5.75 Å². The molecular formula is C10H10ClNO4S. The van der Waals surface area contributed by atoms with Crippen LogP contribution < -0.4 is 9.46 Å². The van der Waals surface area contributed by atoms with Gasteiger partial charge in [-0.2, -0.15) is 8.42 Å². The van der Waals surface area contributed by atoms with E-state index in [-0.39, 0.29) is 0 Å². The van der Waals surface area contributed by atoms with Crippen molar-refractivity contribution in [1.29, 1.82) is 0 Å². The monoisotopic (exact) mass is 275 g/mol. The molecule has 1 amide bonds. The Hall–Kier alpha value is -1.27. The Bertz CT molecular complexity index is 555. The molecule has 0 aromatic heterocycles. The number of carbonyl (C=O) groups is 1. The minimum atomic E-state index is -4.11. The molecule has 0 atom stereocenters. The van der Waals surface area contributed by atoms with Gasteiger partial charge in [-0.1, -0.05) is 6.07 Å². The van der Waals surface area contributed by atoms with Gasteiger partial charge in [-0.25, -0.2) is 9.52 Å². The van der Waals surface area contributed by atoms with Crippen molar-refractivity contribution < 1.29 is 17.9 Å². The van der Waals surface area contributed by atoms with Crippen molar-refractivity contribution >= 4 is 26.0 Å². The van der Waals surface area contributed by atoms with Crippen molar-refractivity contribution in [1.82, 2.24) is 4.72 Å². The van der Waals surface area contributed by atoms with Gasteiger partial charge in [-0.15, -0.1) is 0 Å². The number of nitrogens with one attached hydrogen (secondary N) is 1. The van der Waals surface area contributed by atoms with Crippen molar-refractivity contribution in [3.63, 3.8) is 0 Å². The molecule has 0 heterocycles. The van der Waals surface area contributed by atoms with Crippen LogP contribution >= 0.6 is 10.7 Å². The molecule has 0 saturated carbocycles. The molecular weight excluding hydrogens is 266 g/mol. The number of hydrogen-bond acceptors (Lipinski definition) is 4. The van der Waals surface area contributed by atoms with Crippen molar-refractivity contribution in [3.8, 4) is 5.75 Å². The van der Waals surface area contributed by atoms with Crippen molar-refractivity contribution in [3.05, 3.63) is 29.3 Å². The first kappa shape index (κ1) is 12.2. The molecule has 0 radical (unpaired) electrons. The van der Waals surface area contributed by atoms with Crippen LogP contribution in [-0.2, 0) is 22.1 Å². The molecule has 1 aromatic carbocycles. The number of carbonyl (C=O) groups excluding carboxylic acids is 1. The highest BCUT2D eigenvalue weighted by Crippen LogP contribution is 2.26. The van der Waals surface area contributed by atoms with Gasteiger partial charge in [0.2, 0.25) is 0 Å². The van der Waals surface area contributed by atoms with Gasteiger partial charge < -0.3 is 4.74 Å². The molecule has 0 saturated heterocycles. The van der Waals surface area contributed by atoms with Crippen LogP contribution in [0.4, 0.5) is 4.79 Å². The van der Waals surface area contributed by atoms with E-state index in [2.05, 4.69) is 0 Å². The van der Waals surface area contributed by atoms with Gasteiger partial charge in [0, 0.05) is 10.7 Å². The molecule has 1 N–H and O–H groups in total. The quantitative estimate of drug-likeness (QED) is 0.835. The summed E-state index contributed by atoms with van der Waals surface area (Å²) in [6.07, 6.45) is 1.94. The number of benzene rings is 1. The zero-order valence-corrected chi connectivity index (χ0v) is 10.3. The van der Waals surface area contributed by atoms with Crippen LogP contribution in [0.2, 0.25) is 0 Å². The van der Waals surface area contributed by atoms with Crippen LogP contribution in [0.1, 0.15) is 17.5 Å². The minimum absolute atomic E-state index is 0.309. The summed E-state index contributed by atoms with van der Waals surface area (Å²) in [5.41, 5.74) is 2.37. The molecule has 1 aliphatic rings. The van der Waals surface area contributed by atoms with E-state index in [0.29, 0.717) is 5.75 Å². The number of rotatable bonds is 2. The van der Waals surface area contributed by atoms with Crippen molar-refractivity contribution in [2.24, 2.45) is 0 Å². The van der Waals surface area contributed by atoms with Gasteiger partial charge in [-0.05, 0) is 42.5 Å². The van der Waals surface area contributed by atoms with Crippen LogP contribution in [0.5, 0.6) is 5.75 Å². The van der Waals surface area contributed by atoms with Crippen molar-refractivity contribution in [2.45, 2.75) is 19.3 Å². The Balaban J connectivity index is 2.07. The van der Waals surface area contributed by atoms with Crippen LogP contribution in [0.15, 0.2) is 18.2 Å². The molecule has 92 valence electrons. The highest BCUT2D eigenvalue weighted by atomic mass is 35.7. The number of aryl methyl sites for hydroxylation is 2. The second kappa shape index (κ2) is 4.54. The Morgan fingerprint density at radius 3 is 2.71 bits per heavy atom. The lowest BCUT2D eigenvalue weighted by atomic mass is 10.1. The fourth-order valence-corrected chi connectivity index (χ4v) is 2.27. The predicted octanol–water partition coefficient (Wildman–Crippen LogP) is 1.75. The topological polar surface area (TPSA) is 72.5 Å². The van der Waals surface area contributed by atoms with E-state index < -0.39 is 15.3 Å². The lowest BCUT2D eigenvalue weighted by Crippen LogP contribution is -2.29. The third-order valence-electron chi connectivity index (χ3n) is 2.49. The molecule has 17 heavy (non-hydrogen) atoms. The SMILES string of the molecule is O=C(NS(=O)(=O)Cl)Oc1ccc2c(c1)CCC2. The van der Waals surface area contributed by atoms with Crippen LogP contribution in [-0.4, -0.2) is 14.5 Å². The first-order valence-corrected chi connectivity index (χ1v) is 7.31. The Labute approximate surface area is 103 Å². The minimum Gasteiger partial charge on any atom is -0.410 e. The summed E-state index contributed by atoms with van der Waals surface area (Å²) >= 11 is 0. The summed E-state index contributed by atoms with van der Waals surface area (Å²) in [4.78, 5) is 11.1. The number of hydrogen-bond donors (Lipinski definition) is 1. The fourth-order valence-electron chi connectivity index (χ4n) is 1.84. The van der Waals surface area contributed by atoms with E-state index in [0.717, 1.165) is 24.8 Å². The maximum Gasteiger partial charge on any atom is 0.427 e. The summed E-state index contributed by atoms with van der Waals surface area (Å²) in [5, 5.41) is 0. The highest BCUT2D eigenvalue weighted by Gasteiger charge is 2.15. The zero-order valence-electron chi connectivity index (χ0n) is 8.77. The highest BCUT2D eigenvalue weighted by molar-refractivity contribution is 8.12. The van der Waals surface area contributed by atoms with Crippen LogP contribution in [0, 0.1) is 0 Å². The molecule has 0 spiro atoms. The lowest BCUT2D eigenvalue weighted by Gasteiger charge is -2.06. The first-order chi connectivity index (χ1) is 7.94. The van der Waals surface area contributed by atoms with E-state index in [1.165, 1.54) is 10.3 Å². The number of fused-ring (bicyclic) bond motifs is 1. The average molecular weight is 276 g/mol. The maximum atomic E-state index is 11.1. The second-order valence-corrected chi connectivity index (χ2v) is 6.01. The van der Waals surface area contributed by atoms with Crippen molar-refractivity contribution in [2.75, 3.05) is 0 Å². The number of halogens is 1. The van der Waals surface area contributed by atoms with Gasteiger partial charge in [-0.3, -0.25) is 0 Å². The predicted molar refractivity (Wildman–Crippen MR) is 62.4 cm³/mol. The second-order valence-electron chi connectivity index (χ2n) is 3.71. The number of amides is 1. The van der Waals surface area contributed by atoms with Gasteiger partial charge in [0.05, 0.1) is 0 Å². The molecule has 2 rings (SSSR count). The lowest BCUT2D eigenvalue weighted by molar-refractivity contribution is 0.207. The normalized spacial score (nSPS) is 14.2. The van der Waals surface area contributed by atoms with E-state index >= 15 is 0 Å². The Morgan fingerprint density at radius 2 is 2.00 bits per heavy atom. The Morgan fingerprint density at radius 1 is 1.29 bits per heavy atom. The molecule has 1 aliphatic carbocycles. The van der Waals surface area contributed by atoms with Crippen LogP contribution in [0.3, 0.4) is 0 Å². The zero-order chi connectivity index (χ0) is 12.5. The molecule has 1 aromatic rings. The van der Waals surface area contributed by atoms with E-state index in [9.17, 15) is 13.2 Å². The maximum absolute atomic E-state index is 11.1. The molecule has 0 bridgehead atoms. The standard InChI is InChI=1S/C10H10ClNO4S/c11-17(14,15)12-10(13)16-9-5-4-7-2-1-3-8(7)6-9/h4-6H,1-3H2,(H,12,13). The number of ether oxygens (including phenoxy) is 1. The molecule has 0 fully saturated rings. The summed E-state index contributed by atoms with van der Waals surface area (Å²) in [7, 11) is 0.741. The smallest absolute Gasteiger partial charge is 0.410 e. The van der Waals surface area contributed by atoms with Gasteiger partial charge in [0.15, 0.2) is 0 Å². The summed E-state index contributed by atoms with van der Waals surface area (Å²) in [6.45, 7) is 0. The first-order valence-electron chi connectivity index (χ1n) is 5.00. The summed E-state index contributed by atoms with van der Waals surface area (Å²) in [6, 6.07) is 5.24. The summed E-state index contributed by atoms with van der Waals surface area (Å²) < 4.78 is 27.5. The van der Waals surface area contributed by atoms with Crippen LogP contribution in [0.25, 0.3) is 0 Å². The largest absolute Gasteiger partial charge is 0.427 e. The van der Waals surface area contributed by atoms with Gasteiger partial charge >= 0.3 is 15.3 Å². The molecule has 0 unspecified atom stereocenters. The Kier molecular flexibility index (Phi) is 3.26. The molecule has 5 nitrogen and oxygen atoms in total.